The average Bonchev–Trinajstić information content (AvgIpc) is 2.89. The van der Waals surface area contributed by atoms with Crippen LogP contribution in [-0.2, 0) is 4.79 Å². The molecule has 1 saturated heterocycles. The van der Waals surface area contributed by atoms with Crippen LogP contribution < -0.4 is 0 Å². The molecule has 7 heteroatoms. The fraction of sp³-hybridized carbons (Fsp3) is 0.267. The Labute approximate surface area is 130 Å². The van der Waals surface area contributed by atoms with E-state index in [1.54, 1.807) is 24.3 Å². The SMILES string of the molecule is O=C(c1ccc2ccc(Cl)cc2n1)N1CCC(F)(C(=O)O)C1. The minimum Gasteiger partial charge on any atom is -0.479 e. The van der Waals surface area contributed by atoms with Gasteiger partial charge < -0.3 is 10.0 Å². The van der Waals surface area contributed by atoms with Crippen LogP contribution in [0.5, 0.6) is 0 Å². The van der Waals surface area contributed by atoms with Crippen molar-refractivity contribution >= 4 is 34.4 Å². The van der Waals surface area contributed by atoms with Crippen molar-refractivity contribution in [3.05, 3.63) is 41.0 Å². The fourth-order valence-electron chi connectivity index (χ4n) is 2.49. The molecule has 0 bridgehead atoms. The molecule has 1 unspecified atom stereocenters. The molecule has 0 spiro atoms. The van der Waals surface area contributed by atoms with Gasteiger partial charge in [0.2, 0.25) is 5.67 Å². The number of hydrogen-bond donors (Lipinski definition) is 1. The van der Waals surface area contributed by atoms with Crippen molar-refractivity contribution in [3.63, 3.8) is 0 Å². The van der Waals surface area contributed by atoms with Crippen molar-refractivity contribution in [1.29, 1.82) is 0 Å². The molecule has 2 aromatic rings. The first-order valence-electron chi connectivity index (χ1n) is 6.67. The van der Waals surface area contributed by atoms with Crippen LogP contribution in [0.4, 0.5) is 4.39 Å². The van der Waals surface area contributed by atoms with E-state index in [1.165, 1.54) is 11.0 Å². The van der Waals surface area contributed by atoms with E-state index in [4.69, 9.17) is 16.7 Å². The first-order valence-corrected chi connectivity index (χ1v) is 7.05. The van der Waals surface area contributed by atoms with Crippen LogP contribution in [0.2, 0.25) is 5.02 Å². The maximum atomic E-state index is 14.0. The Bertz CT molecular complexity index is 782. The summed E-state index contributed by atoms with van der Waals surface area (Å²) in [4.78, 5) is 28.7. The molecular weight excluding hydrogens is 311 g/mol. The summed E-state index contributed by atoms with van der Waals surface area (Å²) in [5.74, 6) is -2.02. The lowest BCUT2D eigenvalue weighted by molar-refractivity contribution is -0.149. The average molecular weight is 323 g/mol. The first kappa shape index (κ1) is 14.7. The molecule has 114 valence electrons. The molecule has 1 aliphatic rings. The van der Waals surface area contributed by atoms with Crippen LogP contribution in [-0.4, -0.2) is 45.6 Å². The second-order valence-electron chi connectivity index (χ2n) is 5.28. The zero-order valence-electron chi connectivity index (χ0n) is 11.4. The summed E-state index contributed by atoms with van der Waals surface area (Å²) < 4.78 is 14.0. The van der Waals surface area contributed by atoms with Crippen molar-refractivity contribution in [2.45, 2.75) is 12.1 Å². The second kappa shape index (κ2) is 5.21. The van der Waals surface area contributed by atoms with Gasteiger partial charge in [-0.3, -0.25) is 4.79 Å². The Morgan fingerprint density at radius 3 is 2.73 bits per heavy atom. The molecule has 1 aromatic heterocycles. The standard InChI is InChI=1S/C15H12ClFN2O3/c16-10-3-1-9-2-4-11(18-12(9)7-10)13(20)19-6-5-15(17,8-19)14(21)22/h1-4,7H,5-6,8H2,(H,21,22). The third-order valence-electron chi connectivity index (χ3n) is 3.76. The number of aliphatic carboxylic acids is 1. The third kappa shape index (κ3) is 2.50. The highest BCUT2D eigenvalue weighted by Gasteiger charge is 2.47. The molecular formula is C15H12ClFN2O3. The summed E-state index contributed by atoms with van der Waals surface area (Å²) in [6.45, 7) is -0.409. The molecule has 0 saturated carbocycles. The Hall–Kier alpha value is -2.21. The molecule has 2 heterocycles. The number of nitrogens with zero attached hydrogens (tertiary/aromatic N) is 2. The van der Waals surface area contributed by atoms with Crippen molar-refractivity contribution < 1.29 is 19.1 Å². The third-order valence-corrected chi connectivity index (χ3v) is 4.00. The van der Waals surface area contributed by atoms with Gasteiger partial charge in [0.15, 0.2) is 0 Å². The summed E-state index contributed by atoms with van der Waals surface area (Å²) in [7, 11) is 0. The van der Waals surface area contributed by atoms with Gasteiger partial charge in [-0.1, -0.05) is 23.7 Å². The molecule has 1 N–H and O–H groups in total. The number of carbonyl (C=O) groups is 2. The Morgan fingerprint density at radius 2 is 2.05 bits per heavy atom. The molecule has 1 atom stereocenters. The lowest BCUT2D eigenvalue weighted by Crippen LogP contribution is -2.39. The van der Waals surface area contributed by atoms with E-state index >= 15 is 0 Å². The summed E-state index contributed by atoms with van der Waals surface area (Å²) in [6, 6.07) is 8.40. The van der Waals surface area contributed by atoms with Crippen LogP contribution >= 0.6 is 11.6 Å². The number of carboxylic acid groups (broad SMARTS) is 1. The molecule has 1 aliphatic heterocycles. The summed E-state index contributed by atoms with van der Waals surface area (Å²) in [5.41, 5.74) is -1.68. The highest BCUT2D eigenvalue weighted by molar-refractivity contribution is 6.31. The molecule has 0 aliphatic carbocycles. The number of benzene rings is 1. The number of fused-ring (bicyclic) bond motifs is 1. The monoisotopic (exact) mass is 322 g/mol. The van der Waals surface area contributed by atoms with E-state index < -0.39 is 24.1 Å². The number of carboxylic acids is 1. The molecule has 1 fully saturated rings. The zero-order valence-corrected chi connectivity index (χ0v) is 12.2. The van der Waals surface area contributed by atoms with Crippen LogP contribution in [0.25, 0.3) is 10.9 Å². The normalized spacial score (nSPS) is 21.3. The van der Waals surface area contributed by atoms with Crippen LogP contribution in [0.3, 0.4) is 0 Å². The van der Waals surface area contributed by atoms with Gasteiger partial charge in [-0.25, -0.2) is 14.2 Å². The number of likely N-dealkylation sites (tertiary alicyclic amines) is 1. The van der Waals surface area contributed by atoms with Crippen LogP contribution in [0.15, 0.2) is 30.3 Å². The molecule has 3 rings (SSSR count). The highest BCUT2D eigenvalue weighted by atomic mass is 35.5. The Morgan fingerprint density at radius 1 is 1.32 bits per heavy atom. The van der Waals surface area contributed by atoms with Gasteiger partial charge in [0.25, 0.3) is 5.91 Å². The predicted octanol–water partition coefficient (Wildman–Crippen LogP) is 2.53. The fourth-order valence-corrected chi connectivity index (χ4v) is 2.66. The summed E-state index contributed by atoms with van der Waals surface area (Å²) in [6.07, 6.45) is -0.215. The second-order valence-corrected chi connectivity index (χ2v) is 5.72. The topological polar surface area (TPSA) is 70.5 Å². The zero-order chi connectivity index (χ0) is 15.9. The van der Waals surface area contributed by atoms with Gasteiger partial charge in [-0.15, -0.1) is 0 Å². The van der Waals surface area contributed by atoms with E-state index in [-0.39, 0.29) is 18.7 Å². The van der Waals surface area contributed by atoms with E-state index in [0.717, 1.165) is 5.39 Å². The summed E-state index contributed by atoms with van der Waals surface area (Å²) in [5, 5.41) is 10.2. The van der Waals surface area contributed by atoms with Crippen molar-refractivity contribution in [3.8, 4) is 0 Å². The lowest BCUT2D eigenvalue weighted by atomic mass is 10.1. The van der Waals surface area contributed by atoms with E-state index in [1.807, 2.05) is 0 Å². The highest BCUT2D eigenvalue weighted by Crippen LogP contribution is 2.27. The van der Waals surface area contributed by atoms with E-state index in [0.29, 0.717) is 10.5 Å². The van der Waals surface area contributed by atoms with Gasteiger partial charge in [0, 0.05) is 23.4 Å². The molecule has 1 aromatic carbocycles. The number of alkyl halides is 1. The number of rotatable bonds is 2. The molecule has 5 nitrogen and oxygen atoms in total. The quantitative estimate of drug-likeness (QED) is 0.922. The summed E-state index contributed by atoms with van der Waals surface area (Å²) >= 11 is 5.90. The number of carbonyl (C=O) groups excluding carboxylic acids is 1. The number of hydrogen-bond acceptors (Lipinski definition) is 3. The molecule has 1 amide bonds. The van der Waals surface area contributed by atoms with Crippen LogP contribution in [0.1, 0.15) is 16.9 Å². The maximum Gasteiger partial charge on any atom is 0.343 e. The number of amides is 1. The van der Waals surface area contributed by atoms with Crippen molar-refractivity contribution in [1.82, 2.24) is 9.88 Å². The van der Waals surface area contributed by atoms with Gasteiger partial charge in [0.1, 0.15) is 5.69 Å². The Kier molecular flexibility index (Phi) is 3.48. The smallest absolute Gasteiger partial charge is 0.343 e. The predicted molar refractivity (Wildman–Crippen MR) is 78.7 cm³/mol. The van der Waals surface area contributed by atoms with Gasteiger partial charge in [-0.2, -0.15) is 0 Å². The van der Waals surface area contributed by atoms with Gasteiger partial charge in [0.05, 0.1) is 12.1 Å². The van der Waals surface area contributed by atoms with Crippen LogP contribution in [0, 0.1) is 0 Å². The van der Waals surface area contributed by atoms with Gasteiger partial charge in [-0.05, 0) is 18.2 Å². The lowest BCUT2D eigenvalue weighted by Gasteiger charge is -2.17. The first-order chi connectivity index (χ1) is 10.4. The minimum absolute atomic E-state index is 0.0525. The van der Waals surface area contributed by atoms with E-state index in [2.05, 4.69) is 4.98 Å². The van der Waals surface area contributed by atoms with Crippen molar-refractivity contribution in [2.24, 2.45) is 0 Å². The van der Waals surface area contributed by atoms with E-state index in [9.17, 15) is 14.0 Å². The van der Waals surface area contributed by atoms with Gasteiger partial charge >= 0.3 is 5.97 Å². The molecule has 22 heavy (non-hydrogen) atoms. The maximum absolute atomic E-state index is 14.0. The Balaban J connectivity index is 1.88. The molecule has 0 radical (unpaired) electrons. The number of halogens is 2. The van der Waals surface area contributed by atoms with Crippen molar-refractivity contribution in [2.75, 3.05) is 13.1 Å². The number of aromatic nitrogens is 1. The largest absolute Gasteiger partial charge is 0.479 e. The number of pyridine rings is 1. The minimum atomic E-state index is -2.38.